The fourth-order valence-electron chi connectivity index (χ4n) is 3.57. The molecule has 3 atom stereocenters. The number of carbonyl (C=O) groups is 1. The summed E-state index contributed by atoms with van der Waals surface area (Å²) in [5.74, 6) is 1.48. The first kappa shape index (κ1) is 12.9. The fourth-order valence-corrected chi connectivity index (χ4v) is 3.57. The van der Waals surface area contributed by atoms with Crippen molar-refractivity contribution < 1.29 is 4.79 Å². The van der Waals surface area contributed by atoms with E-state index in [2.05, 4.69) is 19.2 Å². The van der Waals surface area contributed by atoms with Gasteiger partial charge in [-0.15, -0.1) is 0 Å². The molecule has 0 aromatic carbocycles. The highest BCUT2D eigenvalue weighted by molar-refractivity contribution is 5.86. The minimum Gasteiger partial charge on any atom is -0.351 e. The van der Waals surface area contributed by atoms with Crippen LogP contribution in [0.25, 0.3) is 0 Å². The van der Waals surface area contributed by atoms with Crippen molar-refractivity contribution in [2.24, 2.45) is 17.6 Å². The molecule has 0 saturated heterocycles. The van der Waals surface area contributed by atoms with Crippen molar-refractivity contribution in [1.82, 2.24) is 5.32 Å². The van der Waals surface area contributed by atoms with Gasteiger partial charge in [0, 0.05) is 6.04 Å². The number of carbonyl (C=O) groups excluding carboxylic acids is 1. The second-order valence-electron chi connectivity index (χ2n) is 6.05. The third-order valence-corrected chi connectivity index (χ3v) is 5.02. The number of hydrogen-bond acceptors (Lipinski definition) is 2. The second kappa shape index (κ2) is 4.97. The molecule has 98 valence electrons. The molecule has 2 fully saturated rings. The Hall–Kier alpha value is -0.570. The van der Waals surface area contributed by atoms with Crippen LogP contribution in [0.1, 0.15) is 58.8 Å². The Labute approximate surface area is 105 Å². The van der Waals surface area contributed by atoms with Crippen molar-refractivity contribution in [1.29, 1.82) is 0 Å². The fraction of sp³-hybridized carbons (Fsp3) is 0.929. The summed E-state index contributed by atoms with van der Waals surface area (Å²) in [4.78, 5) is 12.2. The zero-order valence-corrected chi connectivity index (χ0v) is 11.2. The molecule has 2 rings (SSSR count). The lowest BCUT2D eigenvalue weighted by Gasteiger charge is -2.27. The minimum atomic E-state index is -0.565. The van der Waals surface area contributed by atoms with Crippen LogP contribution in [-0.2, 0) is 4.79 Å². The molecule has 0 radical (unpaired) electrons. The Morgan fingerprint density at radius 3 is 2.53 bits per heavy atom. The largest absolute Gasteiger partial charge is 0.351 e. The lowest BCUT2D eigenvalue weighted by Crippen LogP contribution is -2.55. The number of amides is 1. The molecule has 1 amide bonds. The van der Waals surface area contributed by atoms with Crippen LogP contribution in [0, 0.1) is 11.8 Å². The number of nitrogens with one attached hydrogen (secondary N) is 1. The average molecular weight is 238 g/mol. The van der Waals surface area contributed by atoms with Gasteiger partial charge < -0.3 is 11.1 Å². The number of nitrogens with two attached hydrogens (primary N) is 1. The standard InChI is InChI=1S/C14H26N2O/c1-3-11-6-7-12(10(11)2)16-13(17)14(15)8-4-5-9-14/h10-12H,3-9,15H2,1-2H3,(H,16,17). The van der Waals surface area contributed by atoms with Gasteiger partial charge in [0.2, 0.25) is 5.91 Å². The van der Waals surface area contributed by atoms with Gasteiger partial charge in [-0.3, -0.25) is 4.79 Å². The molecule has 0 bridgehead atoms. The molecule has 3 heteroatoms. The Bertz CT molecular complexity index is 284. The van der Waals surface area contributed by atoms with E-state index < -0.39 is 5.54 Å². The molecule has 2 aliphatic rings. The first-order valence-electron chi connectivity index (χ1n) is 7.16. The van der Waals surface area contributed by atoms with E-state index in [1.807, 2.05) is 0 Å². The Morgan fingerprint density at radius 2 is 2.00 bits per heavy atom. The summed E-state index contributed by atoms with van der Waals surface area (Å²) in [6, 6.07) is 0.355. The van der Waals surface area contributed by atoms with Gasteiger partial charge in [0.05, 0.1) is 5.54 Å². The molecule has 3 nitrogen and oxygen atoms in total. The van der Waals surface area contributed by atoms with Crippen molar-refractivity contribution in [3.63, 3.8) is 0 Å². The molecule has 17 heavy (non-hydrogen) atoms. The van der Waals surface area contributed by atoms with Crippen LogP contribution in [0.4, 0.5) is 0 Å². The van der Waals surface area contributed by atoms with Crippen LogP contribution >= 0.6 is 0 Å². The molecule has 0 spiro atoms. The van der Waals surface area contributed by atoms with E-state index in [0.29, 0.717) is 12.0 Å². The summed E-state index contributed by atoms with van der Waals surface area (Å²) in [5, 5.41) is 3.21. The summed E-state index contributed by atoms with van der Waals surface area (Å²) in [6.07, 6.45) is 7.51. The van der Waals surface area contributed by atoms with Crippen molar-refractivity contribution in [2.45, 2.75) is 70.4 Å². The maximum absolute atomic E-state index is 12.2. The molecule has 3 unspecified atom stereocenters. The van der Waals surface area contributed by atoms with Crippen molar-refractivity contribution in [2.75, 3.05) is 0 Å². The average Bonchev–Trinajstić information content (AvgIpc) is 2.88. The highest BCUT2D eigenvalue weighted by Gasteiger charge is 2.40. The molecule has 0 aromatic heterocycles. The quantitative estimate of drug-likeness (QED) is 0.792. The Kier molecular flexibility index (Phi) is 3.76. The van der Waals surface area contributed by atoms with E-state index >= 15 is 0 Å². The third-order valence-electron chi connectivity index (χ3n) is 5.02. The van der Waals surface area contributed by atoms with Gasteiger partial charge in [-0.2, -0.15) is 0 Å². The maximum Gasteiger partial charge on any atom is 0.240 e. The van der Waals surface area contributed by atoms with E-state index in [-0.39, 0.29) is 5.91 Å². The zero-order chi connectivity index (χ0) is 12.5. The van der Waals surface area contributed by atoms with Crippen molar-refractivity contribution in [3.8, 4) is 0 Å². The van der Waals surface area contributed by atoms with Gasteiger partial charge in [-0.05, 0) is 37.5 Å². The van der Waals surface area contributed by atoms with Crippen LogP contribution in [0.3, 0.4) is 0 Å². The minimum absolute atomic E-state index is 0.101. The highest BCUT2D eigenvalue weighted by Crippen LogP contribution is 2.35. The van der Waals surface area contributed by atoms with Crippen LogP contribution in [0.5, 0.6) is 0 Å². The topological polar surface area (TPSA) is 55.1 Å². The van der Waals surface area contributed by atoms with Gasteiger partial charge in [0.25, 0.3) is 0 Å². The van der Waals surface area contributed by atoms with E-state index in [9.17, 15) is 4.79 Å². The normalized spacial score (nSPS) is 36.1. The molecule has 2 saturated carbocycles. The second-order valence-corrected chi connectivity index (χ2v) is 6.05. The van der Waals surface area contributed by atoms with Gasteiger partial charge >= 0.3 is 0 Å². The Morgan fingerprint density at radius 1 is 1.35 bits per heavy atom. The molecular weight excluding hydrogens is 212 g/mol. The molecule has 0 heterocycles. The summed E-state index contributed by atoms with van der Waals surface area (Å²) < 4.78 is 0. The van der Waals surface area contributed by atoms with Gasteiger partial charge in [-0.1, -0.05) is 33.1 Å². The van der Waals surface area contributed by atoms with E-state index in [1.54, 1.807) is 0 Å². The molecule has 2 aliphatic carbocycles. The van der Waals surface area contributed by atoms with E-state index in [0.717, 1.165) is 38.0 Å². The summed E-state index contributed by atoms with van der Waals surface area (Å²) >= 11 is 0. The lowest BCUT2D eigenvalue weighted by molar-refractivity contribution is -0.127. The maximum atomic E-state index is 12.2. The van der Waals surface area contributed by atoms with Crippen LogP contribution < -0.4 is 11.1 Å². The highest BCUT2D eigenvalue weighted by atomic mass is 16.2. The van der Waals surface area contributed by atoms with Gasteiger partial charge in [0.1, 0.15) is 0 Å². The number of rotatable bonds is 3. The first-order chi connectivity index (χ1) is 8.07. The van der Waals surface area contributed by atoms with Crippen LogP contribution in [-0.4, -0.2) is 17.5 Å². The Balaban J connectivity index is 1.91. The van der Waals surface area contributed by atoms with Crippen LogP contribution in [0.15, 0.2) is 0 Å². The van der Waals surface area contributed by atoms with E-state index in [4.69, 9.17) is 5.73 Å². The zero-order valence-electron chi connectivity index (χ0n) is 11.2. The van der Waals surface area contributed by atoms with Gasteiger partial charge in [0.15, 0.2) is 0 Å². The van der Waals surface area contributed by atoms with Crippen LogP contribution in [0.2, 0.25) is 0 Å². The predicted molar refractivity (Wildman–Crippen MR) is 69.5 cm³/mol. The number of hydrogen-bond donors (Lipinski definition) is 2. The van der Waals surface area contributed by atoms with Crippen molar-refractivity contribution in [3.05, 3.63) is 0 Å². The van der Waals surface area contributed by atoms with E-state index in [1.165, 1.54) is 12.8 Å². The SMILES string of the molecule is CCC1CCC(NC(=O)C2(N)CCCC2)C1C. The molecular formula is C14H26N2O. The molecule has 3 N–H and O–H groups in total. The summed E-state index contributed by atoms with van der Waals surface area (Å²) in [7, 11) is 0. The molecule has 0 aromatic rings. The summed E-state index contributed by atoms with van der Waals surface area (Å²) in [5.41, 5.74) is 5.62. The first-order valence-corrected chi connectivity index (χ1v) is 7.16. The predicted octanol–water partition coefficient (Wildman–Crippen LogP) is 2.20. The lowest BCUT2D eigenvalue weighted by atomic mass is 9.92. The third kappa shape index (κ3) is 2.49. The monoisotopic (exact) mass is 238 g/mol. The van der Waals surface area contributed by atoms with Gasteiger partial charge in [-0.25, -0.2) is 0 Å². The summed E-state index contributed by atoms with van der Waals surface area (Å²) in [6.45, 7) is 4.51. The molecule has 0 aliphatic heterocycles. The van der Waals surface area contributed by atoms with Crippen molar-refractivity contribution >= 4 is 5.91 Å². The smallest absolute Gasteiger partial charge is 0.240 e.